The lowest BCUT2D eigenvalue weighted by atomic mass is 10.1. The smallest absolute Gasteiger partial charge is 0.231 e. The Labute approximate surface area is 102 Å². The van der Waals surface area contributed by atoms with Gasteiger partial charge in [0.25, 0.3) is 0 Å². The van der Waals surface area contributed by atoms with E-state index in [1.165, 1.54) is 0 Å². The van der Waals surface area contributed by atoms with Crippen LogP contribution in [0.1, 0.15) is 11.5 Å². The summed E-state index contributed by atoms with van der Waals surface area (Å²) in [5.41, 5.74) is 0.910. The zero-order chi connectivity index (χ0) is 11.4. The number of imide groups is 1. The first kappa shape index (κ1) is 10.1. The summed E-state index contributed by atoms with van der Waals surface area (Å²) in [5, 5.41) is 3.24. The van der Waals surface area contributed by atoms with E-state index >= 15 is 0 Å². The van der Waals surface area contributed by atoms with Gasteiger partial charge >= 0.3 is 0 Å². The Bertz CT molecular complexity index is 495. The Morgan fingerprint density at radius 3 is 2.12 bits per heavy atom. The number of rotatable bonds is 1. The highest BCUT2D eigenvalue weighted by atomic mass is 35.5. The number of benzene rings is 1. The van der Waals surface area contributed by atoms with Crippen LogP contribution >= 0.6 is 23.2 Å². The standard InChI is InChI=1S/C11H7Cl2NO2/c12-5-2-1-4(3-6(5)13)7-8-9(7)11(16)14-10(8)15/h1-3,7-9H,(H,14,15,16). The third kappa shape index (κ3) is 1.28. The van der Waals surface area contributed by atoms with Gasteiger partial charge < -0.3 is 0 Å². The van der Waals surface area contributed by atoms with Crippen LogP contribution in [0.25, 0.3) is 0 Å². The van der Waals surface area contributed by atoms with Crippen molar-refractivity contribution in [3.05, 3.63) is 33.8 Å². The number of hydrogen-bond donors (Lipinski definition) is 1. The van der Waals surface area contributed by atoms with Gasteiger partial charge in [0.1, 0.15) is 0 Å². The van der Waals surface area contributed by atoms with Gasteiger partial charge in [-0.15, -0.1) is 0 Å². The van der Waals surface area contributed by atoms with Crippen molar-refractivity contribution in [2.45, 2.75) is 5.92 Å². The molecule has 1 saturated carbocycles. The van der Waals surface area contributed by atoms with Gasteiger partial charge in [-0.1, -0.05) is 29.3 Å². The number of carbonyl (C=O) groups excluding carboxylic acids is 2. The van der Waals surface area contributed by atoms with E-state index in [1.807, 2.05) is 6.07 Å². The van der Waals surface area contributed by atoms with Crippen LogP contribution in [0.5, 0.6) is 0 Å². The Morgan fingerprint density at radius 1 is 0.938 bits per heavy atom. The van der Waals surface area contributed by atoms with E-state index in [2.05, 4.69) is 5.32 Å². The van der Waals surface area contributed by atoms with Crippen LogP contribution < -0.4 is 5.32 Å². The van der Waals surface area contributed by atoms with E-state index < -0.39 is 0 Å². The highest BCUT2D eigenvalue weighted by Crippen LogP contribution is 2.57. The number of halogens is 2. The number of fused-ring (bicyclic) bond motifs is 1. The fraction of sp³-hybridized carbons (Fsp3) is 0.273. The highest BCUT2D eigenvalue weighted by Gasteiger charge is 2.64. The summed E-state index contributed by atoms with van der Waals surface area (Å²) in [6.45, 7) is 0. The Kier molecular flexibility index (Phi) is 2.03. The monoisotopic (exact) mass is 255 g/mol. The average Bonchev–Trinajstić information content (AvgIpc) is 2.90. The summed E-state index contributed by atoms with van der Waals surface area (Å²) in [6, 6.07) is 5.24. The van der Waals surface area contributed by atoms with Crippen molar-refractivity contribution >= 4 is 35.0 Å². The number of nitrogens with one attached hydrogen (secondary N) is 1. The predicted octanol–water partition coefficient (Wildman–Crippen LogP) is 1.98. The zero-order valence-corrected chi connectivity index (χ0v) is 9.55. The van der Waals surface area contributed by atoms with Crippen LogP contribution in [0.4, 0.5) is 0 Å². The third-order valence-electron chi connectivity index (χ3n) is 3.20. The minimum absolute atomic E-state index is 0.0176. The molecule has 3 rings (SSSR count). The molecule has 2 aliphatic rings. The van der Waals surface area contributed by atoms with Crippen LogP contribution in [0.15, 0.2) is 18.2 Å². The van der Waals surface area contributed by atoms with Gasteiger partial charge in [0.15, 0.2) is 0 Å². The van der Waals surface area contributed by atoms with Crippen molar-refractivity contribution in [3.63, 3.8) is 0 Å². The van der Waals surface area contributed by atoms with Crippen LogP contribution in [0.2, 0.25) is 10.0 Å². The maximum Gasteiger partial charge on any atom is 0.231 e. The van der Waals surface area contributed by atoms with Gasteiger partial charge in [-0.3, -0.25) is 14.9 Å². The number of amides is 2. The van der Waals surface area contributed by atoms with Crippen molar-refractivity contribution in [2.75, 3.05) is 0 Å². The number of carbonyl (C=O) groups is 2. The SMILES string of the molecule is O=C1NC(=O)C2C1C2c1ccc(Cl)c(Cl)c1. The second-order valence-electron chi connectivity index (χ2n) is 4.10. The van der Waals surface area contributed by atoms with E-state index in [0.29, 0.717) is 10.0 Å². The maximum atomic E-state index is 11.4. The fourth-order valence-electron chi connectivity index (χ4n) is 2.39. The topological polar surface area (TPSA) is 46.2 Å². The molecule has 1 aromatic carbocycles. The van der Waals surface area contributed by atoms with E-state index in [9.17, 15) is 9.59 Å². The highest BCUT2D eigenvalue weighted by molar-refractivity contribution is 6.42. The molecule has 0 spiro atoms. The molecule has 2 amide bonds. The molecule has 1 heterocycles. The molecule has 1 N–H and O–H groups in total. The zero-order valence-electron chi connectivity index (χ0n) is 8.04. The summed E-state index contributed by atoms with van der Waals surface area (Å²) in [4.78, 5) is 22.7. The van der Waals surface area contributed by atoms with Crippen LogP contribution in [-0.4, -0.2) is 11.8 Å². The van der Waals surface area contributed by atoms with Crippen molar-refractivity contribution in [3.8, 4) is 0 Å². The Balaban J connectivity index is 1.94. The summed E-state index contributed by atoms with van der Waals surface area (Å²) < 4.78 is 0. The number of piperidine rings is 1. The van der Waals surface area contributed by atoms with Crippen molar-refractivity contribution in [2.24, 2.45) is 11.8 Å². The molecule has 0 radical (unpaired) electrons. The van der Waals surface area contributed by atoms with E-state index in [-0.39, 0.29) is 29.6 Å². The molecule has 2 unspecified atom stereocenters. The van der Waals surface area contributed by atoms with Crippen LogP contribution in [0, 0.1) is 11.8 Å². The van der Waals surface area contributed by atoms with Gasteiger partial charge in [-0.2, -0.15) is 0 Å². The lowest BCUT2D eigenvalue weighted by molar-refractivity contribution is -0.127. The largest absolute Gasteiger partial charge is 0.296 e. The van der Waals surface area contributed by atoms with E-state index in [0.717, 1.165) is 5.56 Å². The summed E-state index contributed by atoms with van der Waals surface area (Å²) in [5.74, 6) is -0.775. The first-order valence-electron chi connectivity index (χ1n) is 4.89. The molecule has 3 nitrogen and oxygen atoms in total. The lowest BCUT2D eigenvalue weighted by Gasteiger charge is -2.05. The summed E-state index contributed by atoms with van der Waals surface area (Å²) in [6.07, 6.45) is 0. The molecule has 2 fully saturated rings. The normalized spacial score (nSPS) is 31.2. The minimum Gasteiger partial charge on any atom is -0.296 e. The Hall–Kier alpha value is -1.06. The van der Waals surface area contributed by atoms with Crippen molar-refractivity contribution in [1.29, 1.82) is 0 Å². The summed E-state index contributed by atoms with van der Waals surface area (Å²) >= 11 is 11.7. The lowest BCUT2D eigenvalue weighted by Crippen LogP contribution is -2.26. The molecule has 1 aliphatic heterocycles. The van der Waals surface area contributed by atoms with Gasteiger partial charge in [-0.25, -0.2) is 0 Å². The molecule has 5 heteroatoms. The maximum absolute atomic E-state index is 11.4. The van der Waals surface area contributed by atoms with E-state index in [1.54, 1.807) is 12.1 Å². The first-order chi connectivity index (χ1) is 7.59. The average molecular weight is 256 g/mol. The molecule has 2 atom stereocenters. The molecule has 0 aromatic heterocycles. The van der Waals surface area contributed by atoms with Crippen molar-refractivity contribution in [1.82, 2.24) is 5.32 Å². The molecule has 0 bridgehead atoms. The van der Waals surface area contributed by atoms with Gasteiger partial charge in [0.05, 0.1) is 21.9 Å². The van der Waals surface area contributed by atoms with Crippen molar-refractivity contribution < 1.29 is 9.59 Å². The van der Waals surface area contributed by atoms with Gasteiger partial charge in [0.2, 0.25) is 11.8 Å². The molecule has 16 heavy (non-hydrogen) atoms. The Morgan fingerprint density at radius 2 is 1.56 bits per heavy atom. The molecule has 82 valence electrons. The van der Waals surface area contributed by atoms with Gasteiger partial charge in [-0.05, 0) is 17.7 Å². The predicted molar refractivity (Wildman–Crippen MR) is 59.3 cm³/mol. The number of hydrogen-bond acceptors (Lipinski definition) is 2. The quantitative estimate of drug-likeness (QED) is 0.781. The van der Waals surface area contributed by atoms with Crippen LogP contribution in [0.3, 0.4) is 0 Å². The summed E-state index contributed by atoms with van der Waals surface area (Å²) in [7, 11) is 0. The molecular formula is C11H7Cl2NO2. The fourth-order valence-corrected chi connectivity index (χ4v) is 2.69. The molecule has 1 saturated heterocycles. The minimum atomic E-state index is -0.204. The second-order valence-corrected chi connectivity index (χ2v) is 4.92. The molecule has 1 aliphatic carbocycles. The molecule has 1 aromatic rings. The van der Waals surface area contributed by atoms with E-state index in [4.69, 9.17) is 23.2 Å². The third-order valence-corrected chi connectivity index (χ3v) is 3.94. The van der Waals surface area contributed by atoms with Crippen LogP contribution in [-0.2, 0) is 9.59 Å². The molecular weight excluding hydrogens is 249 g/mol. The second kappa shape index (κ2) is 3.22. The first-order valence-corrected chi connectivity index (χ1v) is 5.65. The van der Waals surface area contributed by atoms with Gasteiger partial charge in [0, 0.05) is 5.92 Å².